The Bertz CT molecular complexity index is 1870. The first-order chi connectivity index (χ1) is 20.0. The Balaban J connectivity index is 1.61. The number of ether oxygens (including phenoxy) is 1. The number of alkyl halides is 3. The highest BCUT2D eigenvalue weighted by Gasteiger charge is 2.31. The third-order valence-electron chi connectivity index (χ3n) is 6.43. The molecular formula is C31H23Cl2F3N4O2. The lowest BCUT2D eigenvalue weighted by Crippen LogP contribution is -2.20. The predicted molar refractivity (Wildman–Crippen MR) is 161 cm³/mol. The average molecular weight is 611 g/mol. The Morgan fingerprint density at radius 2 is 1.76 bits per heavy atom. The van der Waals surface area contributed by atoms with E-state index in [-0.39, 0.29) is 23.4 Å². The van der Waals surface area contributed by atoms with Crippen molar-refractivity contribution in [2.45, 2.75) is 12.8 Å². The first-order valence-corrected chi connectivity index (χ1v) is 13.4. The molecule has 0 aliphatic rings. The highest BCUT2D eigenvalue weighted by molar-refractivity contribution is 6.35. The Morgan fingerprint density at radius 3 is 2.50 bits per heavy atom. The van der Waals surface area contributed by atoms with Crippen LogP contribution in [0.25, 0.3) is 22.3 Å². The molecule has 0 atom stereocenters. The van der Waals surface area contributed by atoms with Gasteiger partial charge in [0, 0.05) is 52.6 Å². The molecule has 0 bridgehead atoms. The minimum atomic E-state index is -4.57. The van der Waals surface area contributed by atoms with Crippen LogP contribution < -0.4 is 15.2 Å². The molecule has 0 aliphatic carbocycles. The van der Waals surface area contributed by atoms with Crippen molar-refractivity contribution < 1.29 is 17.9 Å². The van der Waals surface area contributed by atoms with Gasteiger partial charge in [0.25, 0.3) is 5.56 Å². The zero-order valence-electron chi connectivity index (χ0n) is 22.4. The van der Waals surface area contributed by atoms with Crippen LogP contribution in [0.2, 0.25) is 10.0 Å². The topological polar surface area (TPSA) is 59.7 Å². The molecule has 0 aliphatic heterocycles. The lowest BCUT2D eigenvalue weighted by molar-refractivity contribution is -0.137. The molecule has 214 valence electrons. The van der Waals surface area contributed by atoms with Gasteiger partial charge in [-0.3, -0.25) is 4.79 Å². The molecule has 11 heteroatoms. The second-order valence-corrected chi connectivity index (χ2v) is 10.4. The molecule has 0 spiro atoms. The predicted octanol–water partition coefficient (Wildman–Crippen LogP) is 7.92. The van der Waals surface area contributed by atoms with Crippen LogP contribution in [0.4, 0.5) is 18.9 Å². The summed E-state index contributed by atoms with van der Waals surface area (Å²) >= 11 is 12.3. The first kappa shape index (κ1) is 29.2. The van der Waals surface area contributed by atoms with Gasteiger partial charge in [0.2, 0.25) is 0 Å². The van der Waals surface area contributed by atoms with Gasteiger partial charge in [0.15, 0.2) is 5.82 Å². The first-order valence-electron chi connectivity index (χ1n) is 12.6. The number of hydrogen-bond acceptors (Lipinski definition) is 5. The van der Waals surface area contributed by atoms with E-state index < -0.39 is 17.3 Å². The number of hydrogen-bond donors (Lipinski definition) is 0. The SMILES string of the molecule is CN(C)c1ccc(C=Nn2c(-c3cccc(C(F)(F)F)c3)nc3ccccc3c2=O)c(OCc2ccc(Cl)cc2Cl)c1. The van der Waals surface area contributed by atoms with Gasteiger partial charge in [-0.15, -0.1) is 0 Å². The summed E-state index contributed by atoms with van der Waals surface area (Å²) in [5.74, 6) is 0.403. The average Bonchev–Trinajstić information content (AvgIpc) is 2.96. The molecule has 1 aromatic heterocycles. The lowest BCUT2D eigenvalue weighted by Gasteiger charge is -2.16. The minimum absolute atomic E-state index is 0.0404. The Morgan fingerprint density at radius 1 is 0.976 bits per heavy atom. The van der Waals surface area contributed by atoms with Crippen LogP contribution >= 0.6 is 23.2 Å². The van der Waals surface area contributed by atoms with E-state index >= 15 is 0 Å². The molecule has 4 aromatic carbocycles. The van der Waals surface area contributed by atoms with E-state index in [1.165, 1.54) is 18.3 Å². The van der Waals surface area contributed by atoms with E-state index in [2.05, 4.69) is 10.1 Å². The molecule has 0 fully saturated rings. The maximum absolute atomic E-state index is 13.6. The van der Waals surface area contributed by atoms with Gasteiger partial charge < -0.3 is 9.64 Å². The third-order valence-corrected chi connectivity index (χ3v) is 7.01. The van der Waals surface area contributed by atoms with E-state index in [0.29, 0.717) is 32.4 Å². The highest BCUT2D eigenvalue weighted by Crippen LogP contribution is 2.32. The van der Waals surface area contributed by atoms with Crippen LogP contribution in [0.5, 0.6) is 5.75 Å². The molecule has 0 radical (unpaired) electrons. The summed E-state index contributed by atoms with van der Waals surface area (Å²) in [7, 11) is 3.76. The number of para-hydroxylation sites is 1. The smallest absolute Gasteiger partial charge is 0.416 e. The third kappa shape index (κ3) is 6.27. The number of fused-ring (bicyclic) bond motifs is 1. The van der Waals surface area contributed by atoms with Crippen LogP contribution in [0.15, 0.2) is 94.8 Å². The Hall–Kier alpha value is -4.34. The van der Waals surface area contributed by atoms with Crippen molar-refractivity contribution in [1.29, 1.82) is 0 Å². The van der Waals surface area contributed by atoms with Gasteiger partial charge in [-0.25, -0.2) is 4.98 Å². The van der Waals surface area contributed by atoms with Crippen LogP contribution in [-0.4, -0.2) is 30.0 Å². The molecule has 0 N–H and O–H groups in total. The molecule has 42 heavy (non-hydrogen) atoms. The van der Waals surface area contributed by atoms with Crippen LogP contribution in [0, 0.1) is 0 Å². The quantitative estimate of drug-likeness (QED) is 0.176. The maximum atomic E-state index is 13.6. The van der Waals surface area contributed by atoms with Gasteiger partial charge in [0.05, 0.1) is 22.7 Å². The van der Waals surface area contributed by atoms with Crippen molar-refractivity contribution in [3.8, 4) is 17.1 Å². The summed E-state index contributed by atoms with van der Waals surface area (Å²) < 4.78 is 47.6. The molecule has 6 nitrogen and oxygen atoms in total. The van der Waals surface area contributed by atoms with E-state index in [1.54, 1.807) is 54.6 Å². The number of anilines is 1. The second-order valence-electron chi connectivity index (χ2n) is 9.53. The van der Waals surface area contributed by atoms with Gasteiger partial charge in [-0.05, 0) is 48.5 Å². The van der Waals surface area contributed by atoms with Gasteiger partial charge >= 0.3 is 6.18 Å². The normalized spacial score (nSPS) is 11.8. The van der Waals surface area contributed by atoms with E-state index in [4.69, 9.17) is 27.9 Å². The minimum Gasteiger partial charge on any atom is -0.488 e. The standard InChI is InChI=1S/C31H23Cl2F3N4O2/c1-39(2)24-13-11-20(28(16-24)42-18-21-10-12-23(32)15-26(21)33)17-37-40-29(19-6-5-7-22(14-19)31(34,35)36)38-27-9-4-3-8-25(27)30(40)41/h3-17H,18H2,1-2H3. The maximum Gasteiger partial charge on any atom is 0.416 e. The summed E-state index contributed by atoms with van der Waals surface area (Å²) in [5.41, 5.74) is 1.08. The molecule has 5 aromatic rings. The summed E-state index contributed by atoms with van der Waals surface area (Å²) in [6, 6.07) is 21.7. The van der Waals surface area contributed by atoms with Crippen molar-refractivity contribution >= 4 is 46.0 Å². The van der Waals surface area contributed by atoms with Crippen molar-refractivity contribution in [3.05, 3.63) is 122 Å². The number of halogens is 5. The van der Waals surface area contributed by atoms with Crippen LogP contribution in [-0.2, 0) is 12.8 Å². The molecule has 1 heterocycles. The largest absolute Gasteiger partial charge is 0.488 e. The van der Waals surface area contributed by atoms with Crippen molar-refractivity contribution in [3.63, 3.8) is 0 Å². The molecular weight excluding hydrogens is 588 g/mol. The van der Waals surface area contributed by atoms with E-state index in [9.17, 15) is 18.0 Å². The van der Waals surface area contributed by atoms with Crippen molar-refractivity contribution in [1.82, 2.24) is 9.66 Å². The Labute approximate surface area is 249 Å². The number of aromatic nitrogens is 2. The van der Waals surface area contributed by atoms with Gasteiger partial charge in [-0.1, -0.05) is 53.5 Å². The van der Waals surface area contributed by atoms with Gasteiger partial charge in [-0.2, -0.15) is 22.9 Å². The summed E-state index contributed by atoms with van der Waals surface area (Å²) in [4.78, 5) is 20.0. The summed E-state index contributed by atoms with van der Waals surface area (Å²) in [6.07, 6.45) is -3.16. The Kier molecular flexibility index (Phi) is 8.24. The van der Waals surface area contributed by atoms with Gasteiger partial charge in [0.1, 0.15) is 12.4 Å². The number of benzene rings is 4. The molecule has 0 saturated heterocycles. The lowest BCUT2D eigenvalue weighted by atomic mass is 10.1. The summed E-state index contributed by atoms with van der Waals surface area (Å²) in [5, 5.41) is 5.62. The van der Waals surface area contributed by atoms with Crippen LogP contribution in [0.1, 0.15) is 16.7 Å². The zero-order chi connectivity index (χ0) is 30.0. The fourth-order valence-corrected chi connectivity index (χ4v) is 4.66. The van der Waals surface area contributed by atoms with E-state index in [1.807, 2.05) is 25.1 Å². The summed E-state index contributed by atoms with van der Waals surface area (Å²) in [6.45, 7) is 0.126. The fraction of sp³-hybridized carbons (Fsp3) is 0.129. The molecule has 0 saturated carbocycles. The molecule has 0 unspecified atom stereocenters. The number of nitrogens with zero attached hydrogens (tertiary/aromatic N) is 4. The molecule has 0 amide bonds. The van der Waals surface area contributed by atoms with Crippen LogP contribution in [0.3, 0.4) is 0 Å². The van der Waals surface area contributed by atoms with Crippen molar-refractivity contribution in [2.24, 2.45) is 5.10 Å². The fourth-order valence-electron chi connectivity index (χ4n) is 4.20. The molecule has 5 rings (SSSR count). The number of rotatable bonds is 7. The highest BCUT2D eigenvalue weighted by atomic mass is 35.5. The second kappa shape index (κ2) is 11.9. The van der Waals surface area contributed by atoms with Crippen molar-refractivity contribution in [2.75, 3.05) is 19.0 Å². The van der Waals surface area contributed by atoms with E-state index in [0.717, 1.165) is 22.5 Å². The zero-order valence-corrected chi connectivity index (χ0v) is 23.9. The monoisotopic (exact) mass is 610 g/mol.